The summed E-state index contributed by atoms with van der Waals surface area (Å²) in [6.45, 7) is 4.67. The predicted molar refractivity (Wildman–Crippen MR) is 71.4 cm³/mol. The number of nitrogens with two attached hydrogens (primary N) is 1. The van der Waals surface area contributed by atoms with E-state index in [1.165, 1.54) is 22.0 Å². The monoisotopic (exact) mass is 271 g/mol. The van der Waals surface area contributed by atoms with Crippen LogP contribution in [0, 0.1) is 13.8 Å². The summed E-state index contributed by atoms with van der Waals surface area (Å²) in [6.07, 6.45) is 0. The molecule has 0 aliphatic rings. The van der Waals surface area contributed by atoms with Crippen molar-refractivity contribution in [2.45, 2.75) is 23.4 Å². The van der Waals surface area contributed by atoms with Crippen LogP contribution >= 0.6 is 34.6 Å². The Morgan fingerprint density at radius 1 is 1.50 bits per heavy atom. The van der Waals surface area contributed by atoms with Crippen LogP contribution in [-0.4, -0.2) is 15.9 Å². The van der Waals surface area contributed by atoms with E-state index < -0.39 is 0 Å². The Morgan fingerprint density at radius 3 is 2.81 bits per heavy atom. The Morgan fingerprint density at radius 2 is 2.31 bits per heavy atom. The Labute approximate surface area is 107 Å². The van der Waals surface area contributed by atoms with Crippen LogP contribution in [0.3, 0.4) is 0 Å². The van der Waals surface area contributed by atoms with Gasteiger partial charge in [-0.2, -0.15) is 4.37 Å². The largest absolute Gasteiger partial charge is 0.329 e. The average molecular weight is 271 g/mol. The van der Waals surface area contributed by atoms with Crippen molar-refractivity contribution in [2.75, 3.05) is 6.54 Å². The third-order valence-corrected chi connectivity index (χ3v) is 5.56. The molecule has 0 saturated heterocycles. The van der Waals surface area contributed by atoms with Crippen molar-refractivity contribution in [1.29, 1.82) is 0 Å². The summed E-state index contributed by atoms with van der Waals surface area (Å²) >= 11 is 4.92. The number of aromatic nitrogens is 2. The average Bonchev–Trinajstić information content (AvgIpc) is 2.84. The highest BCUT2D eigenvalue weighted by Gasteiger charge is 2.17. The van der Waals surface area contributed by atoms with E-state index in [0.717, 1.165) is 10.2 Å². The van der Waals surface area contributed by atoms with Crippen LogP contribution < -0.4 is 5.73 Å². The maximum atomic E-state index is 5.83. The number of hydrogen-bond acceptors (Lipinski definition) is 6. The summed E-state index contributed by atoms with van der Waals surface area (Å²) in [5, 5.41) is 2.41. The molecule has 3 nitrogen and oxygen atoms in total. The topological polar surface area (TPSA) is 51.8 Å². The minimum Gasteiger partial charge on any atom is -0.329 e. The van der Waals surface area contributed by atoms with Crippen molar-refractivity contribution in [3.05, 3.63) is 27.7 Å². The fourth-order valence-electron chi connectivity index (χ4n) is 1.37. The third-order valence-electron chi connectivity index (χ3n) is 2.16. The molecule has 0 amide bonds. The lowest BCUT2D eigenvalue weighted by atomic mass is 10.2. The van der Waals surface area contributed by atoms with Crippen molar-refractivity contribution in [3.63, 3.8) is 0 Å². The normalized spacial score (nSPS) is 12.9. The zero-order valence-electron chi connectivity index (χ0n) is 9.14. The molecule has 0 aromatic carbocycles. The molecular weight excluding hydrogens is 258 g/mol. The molecule has 0 bridgehead atoms. The molecule has 16 heavy (non-hydrogen) atoms. The van der Waals surface area contributed by atoms with E-state index >= 15 is 0 Å². The van der Waals surface area contributed by atoms with Gasteiger partial charge >= 0.3 is 0 Å². The molecule has 2 N–H and O–H groups in total. The highest BCUT2D eigenvalue weighted by molar-refractivity contribution is 8.01. The number of hydrogen-bond donors (Lipinski definition) is 1. The van der Waals surface area contributed by atoms with Gasteiger partial charge < -0.3 is 5.73 Å². The second-order valence-corrected chi connectivity index (χ2v) is 6.57. The lowest BCUT2D eigenvalue weighted by molar-refractivity contribution is 0.949. The second-order valence-electron chi connectivity index (χ2n) is 3.42. The lowest BCUT2D eigenvalue weighted by Crippen LogP contribution is -2.08. The number of aryl methyl sites for hydroxylation is 2. The molecule has 0 spiro atoms. The molecule has 2 rings (SSSR count). The van der Waals surface area contributed by atoms with Gasteiger partial charge in [-0.15, -0.1) is 11.3 Å². The van der Waals surface area contributed by atoms with E-state index in [2.05, 4.69) is 27.7 Å². The number of thiophene rings is 1. The third kappa shape index (κ3) is 2.63. The SMILES string of the molecule is Cc1nsc(SC(CN)c2sccc2C)n1. The van der Waals surface area contributed by atoms with Gasteiger partial charge in [-0.3, -0.25) is 0 Å². The van der Waals surface area contributed by atoms with Crippen LogP contribution in [0.25, 0.3) is 0 Å². The van der Waals surface area contributed by atoms with Crippen molar-refractivity contribution >= 4 is 34.6 Å². The standard InChI is InChI=1S/C10H13N3S3/c1-6-3-4-14-9(6)8(5-11)15-10-12-7(2)13-16-10/h3-4,8H,5,11H2,1-2H3. The minimum atomic E-state index is 0.298. The second kappa shape index (κ2) is 5.27. The van der Waals surface area contributed by atoms with Gasteiger partial charge in [0, 0.05) is 11.4 Å². The molecule has 2 heterocycles. The zero-order chi connectivity index (χ0) is 11.5. The van der Waals surface area contributed by atoms with Gasteiger partial charge in [-0.05, 0) is 42.4 Å². The summed E-state index contributed by atoms with van der Waals surface area (Å²) in [4.78, 5) is 5.70. The van der Waals surface area contributed by atoms with Crippen LogP contribution in [0.5, 0.6) is 0 Å². The van der Waals surface area contributed by atoms with Gasteiger partial charge in [-0.25, -0.2) is 4.98 Å². The highest BCUT2D eigenvalue weighted by Crippen LogP contribution is 2.38. The molecule has 0 fully saturated rings. The van der Waals surface area contributed by atoms with Gasteiger partial charge in [-0.1, -0.05) is 11.8 Å². The quantitative estimate of drug-likeness (QED) is 0.869. The van der Waals surface area contributed by atoms with Crippen molar-refractivity contribution in [3.8, 4) is 0 Å². The molecule has 86 valence electrons. The Kier molecular flexibility index (Phi) is 3.96. The molecule has 1 unspecified atom stereocenters. The lowest BCUT2D eigenvalue weighted by Gasteiger charge is -2.11. The number of rotatable bonds is 4. The Bertz CT molecular complexity index is 463. The van der Waals surface area contributed by atoms with E-state index in [1.54, 1.807) is 23.1 Å². The van der Waals surface area contributed by atoms with Crippen molar-refractivity contribution < 1.29 is 0 Å². The molecule has 0 radical (unpaired) electrons. The minimum absolute atomic E-state index is 0.298. The predicted octanol–water partition coefficient (Wildman–Crippen LogP) is 3.01. The van der Waals surface area contributed by atoms with E-state index in [9.17, 15) is 0 Å². The Hall–Kier alpha value is -0.430. The van der Waals surface area contributed by atoms with E-state index in [4.69, 9.17) is 5.73 Å². The van der Waals surface area contributed by atoms with Gasteiger partial charge in [0.15, 0.2) is 4.34 Å². The van der Waals surface area contributed by atoms with Crippen LogP contribution in [0.2, 0.25) is 0 Å². The first-order valence-corrected chi connectivity index (χ1v) is 7.45. The van der Waals surface area contributed by atoms with Crippen LogP contribution in [0.1, 0.15) is 21.5 Å². The maximum Gasteiger partial charge on any atom is 0.170 e. The number of thioether (sulfide) groups is 1. The van der Waals surface area contributed by atoms with Crippen molar-refractivity contribution in [2.24, 2.45) is 5.73 Å². The smallest absolute Gasteiger partial charge is 0.170 e. The molecule has 2 aromatic heterocycles. The molecular formula is C10H13N3S3. The van der Waals surface area contributed by atoms with Gasteiger partial charge in [0.25, 0.3) is 0 Å². The highest BCUT2D eigenvalue weighted by atomic mass is 32.2. The summed E-state index contributed by atoms with van der Waals surface area (Å²) in [5.74, 6) is 0.839. The zero-order valence-corrected chi connectivity index (χ0v) is 11.6. The van der Waals surface area contributed by atoms with Crippen LogP contribution in [0.4, 0.5) is 0 Å². The van der Waals surface area contributed by atoms with E-state index in [0.29, 0.717) is 11.8 Å². The molecule has 0 aliphatic carbocycles. The first-order valence-electron chi connectivity index (χ1n) is 4.91. The molecule has 0 aliphatic heterocycles. The molecule has 0 saturated carbocycles. The fourth-order valence-corrected chi connectivity index (χ4v) is 4.48. The summed E-state index contributed by atoms with van der Waals surface area (Å²) in [7, 11) is 0. The van der Waals surface area contributed by atoms with Crippen molar-refractivity contribution in [1.82, 2.24) is 9.36 Å². The fraction of sp³-hybridized carbons (Fsp3) is 0.400. The summed E-state index contributed by atoms with van der Waals surface area (Å²) in [5.41, 5.74) is 7.14. The van der Waals surface area contributed by atoms with Crippen LogP contribution in [-0.2, 0) is 0 Å². The molecule has 6 heteroatoms. The number of nitrogens with zero attached hydrogens (tertiary/aromatic N) is 2. The van der Waals surface area contributed by atoms with Crippen LogP contribution in [0.15, 0.2) is 15.8 Å². The summed E-state index contributed by atoms with van der Waals surface area (Å²) < 4.78 is 5.18. The molecule has 2 aromatic rings. The van der Waals surface area contributed by atoms with Gasteiger partial charge in [0.1, 0.15) is 5.82 Å². The first kappa shape index (κ1) is 12.0. The maximum absolute atomic E-state index is 5.83. The van der Waals surface area contributed by atoms with Gasteiger partial charge in [0.05, 0.1) is 5.25 Å². The van der Waals surface area contributed by atoms with E-state index in [1.807, 2.05) is 6.92 Å². The Balaban J connectivity index is 2.15. The first-order chi connectivity index (χ1) is 7.70. The van der Waals surface area contributed by atoms with Gasteiger partial charge in [0.2, 0.25) is 0 Å². The molecule has 1 atom stereocenters. The summed E-state index contributed by atoms with van der Waals surface area (Å²) in [6, 6.07) is 2.13. The van der Waals surface area contributed by atoms with E-state index in [-0.39, 0.29) is 0 Å².